The van der Waals surface area contributed by atoms with E-state index in [0.717, 1.165) is 32.5 Å². The van der Waals surface area contributed by atoms with Crippen LogP contribution in [0.1, 0.15) is 25.8 Å². The van der Waals surface area contributed by atoms with Gasteiger partial charge in [0.15, 0.2) is 0 Å². The van der Waals surface area contributed by atoms with Crippen molar-refractivity contribution >= 4 is 0 Å². The summed E-state index contributed by atoms with van der Waals surface area (Å²) in [5.74, 6) is 0. The molecule has 0 aliphatic heterocycles. The third-order valence-corrected chi connectivity index (χ3v) is 3.02. The van der Waals surface area contributed by atoms with Crippen molar-refractivity contribution in [3.63, 3.8) is 0 Å². The van der Waals surface area contributed by atoms with Crippen LogP contribution in [0.15, 0.2) is 30.3 Å². The molecular weight excluding hydrogens is 210 g/mol. The van der Waals surface area contributed by atoms with E-state index in [1.807, 2.05) is 0 Å². The Hall–Kier alpha value is -0.860. The van der Waals surface area contributed by atoms with Gasteiger partial charge in [0.05, 0.1) is 0 Å². The van der Waals surface area contributed by atoms with E-state index in [4.69, 9.17) is 4.74 Å². The molecule has 2 nitrogen and oxygen atoms in total. The summed E-state index contributed by atoms with van der Waals surface area (Å²) >= 11 is 0. The van der Waals surface area contributed by atoms with Crippen molar-refractivity contribution in [1.82, 2.24) is 5.32 Å². The second kappa shape index (κ2) is 7.46. The Morgan fingerprint density at radius 2 is 1.88 bits per heavy atom. The molecule has 0 atom stereocenters. The highest BCUT2D eigenvalue weighted by Gasteiger charge is 2.16. The average molecular weight is 235 g/mol. The Labute approximate surface area is 105 Å². The van der Waals surface area contributed by atoms with Crippen molar-refractivity contribution < 1.29 is 4.74 Å². The van der Waals surface area contributed by atoms with Gasteiger partial charge in [-0.1, -0.05) is 44.2 Å². The quantitative estimate of drug-likeness (QED) is 0.700. The predicted octanol–water partition coefficient (Wildman–Crippen LogP) is 2.88. The fraction of sp³-hybridized carbons (Fsp3) is 0.600. The van der Waals surface area contributed by atoms with Gasteiger partial charge in [-0.2, -0.15) is 0 Å². The molecule has 0 amide bonds. The fourth-order valence-corrected chi connectivity index (χ4v) is 1.77. The zero-order valence-electron chi connectivity index (χ0n) is 11.3. The molecule has 0 unspecified atom stereocenters. The van der Waals surface area contributed by atoms with Crippen molar-refractivity contribution in [2.45, 2.75) is 26.7 Å². The van der Waals surface area contributed by atoms with Crippen LogP contribution in [-0.4, -0.2) is 26.8 Å². The molecule has 1 aromatic rings. The molecule has 0 heterocycles. The van der Waals surface area contributed by atoms with Crippen molar-refractivity contribution in [2.75, 3.05) is 26.8 Å². The topological polar surface area (TPSA) is 21.3 Å². The van der Waals surface area contributed by atoms with Crippen molar-refractivity contribution in [1.29, 1.82) is 0 Å². The van der Waals surface area contributed by atoms with E-state index >= 15 is 0 Å². The number of hydrogen-bond acceptors (Lipinski definition) is 2. The van der Waals surface area contributed by atoms with E-state index in [1.54, 1.807) is 7.11 Å². The van der Waals surface area contributed by atoms with E-state index in [2.05, 4.69) is 49.5 Å². The molecule has 0 saturated heterocycles. The molecular formula is C15H25NO. The first-order chi connectivity index (χ1) is 8.14. The summed E-state index contributed by atoms with van der Waals surface area (Å²) in [6.07, 6.45) is 2.20. The Balaban J connectivity index is 2.15. The molecule has 0 saturated carbocycles. The maximum atomic E-state index is 5.13. The minimum atomic E-state index is 0.312. The first-order valence-corrected chi connectivity index (χ1v) is 6.38. The molecule has 1 aromatic carbocycles. The van der Waals surface area contributed by atoms with E-state index in [0.29, 0.717) is 5.41 Å². The van der Waals surface area contributed by atoms with Crippen LogP contribution >= 0.6 is 0 Å². The van der Waals surface area contributed by atoms with Gasteiger partial charge >= 0.3 is 0 Å². The number of benzene rings is 1. The number of hydrogen-bond donors (Lipinski definition) is 1. The second-order valence-corrected chi connectivity index (χ2v) is 5.32. The zero-order valence-corrected chi connectivity index (χ0v) is 11.3. The summed E-state index contributed by atoms with van der Waals surface area (Å²) in [5.41, 5.74) is 1.71. The van der Waals surface area contributed by atoms with Crippen molar-refractivity contribution in [3.8, 4) is 0 Å². The van der Waals surface area contributed by atoms with Crippen molar-refractivity contribution in [3.05, 3.63) is 35.9 Å². The predicted molar refractivity (Wildman–Crippen MR) is 73.3 cm³/mol. The third kappa shape index (κ3) is 6.44. The summed E-state index contributed by atoms with van der Waals surface area (Å²) < 4.78 is 5.13. The fourth-order valence-electron chi connectivity index (χ4n) is 1.77. The molecule has 2 heteroatoms. The summed E-state index contributed by atoms with van der Waals surface area (Å²) in [6, 6.07) is 10.6. The van der Waals surface area contributed by atoms with Gasteiger partial charge in [-0.3, -0.25) is 0 Å². The largest absolute Gasteiger partial charge is 0.385 e. The summed E-state index contributed by atoms with van der Waals surface area (Å²) in [7, 11) is 1.76. The highest BCUT2D eigenvalue weighted by Crippen LogP contribution is 2.18. The lowest BCUT2D eigenvalue weighted by Crippen LogP contribution is -2.31. The highest BCUT2D eigenvalue weighted by molar-refractivity contribution is 5.14. The Morgan fingerprint density at radius 1 is 1.18 bits per heavy atom. The van der Waals surface area contributed by atoms with Crippen LogP contribution in [0.2, 0.25) is 0 Å². The minimum absolute atomic E-state index is 0.312. The molecule has 96 valence electrons. The first kappa shape index (κ1) is 14.2. The van der Waals surface area contributed by atoms with Gasteiger partial charge in [-0.15, -0.1) is 0 Å². The van der Waals surface area contributed by atoms with Crippen LogP contribution < -0.4 is 5.32 Å². The smallest absolute Gasteiger partial charge is 0.0467 e. The number of nitrogens with one attached hydrogen (secondary N) is 1. The van der Waals surface area contributed by atoms with Crippen LogP contribution in [0, 0.1) is 5.41 Å². The van der Waals surface area contributed by atoms with Gasteiger partial charge in [0.25, 0.3) is 0 Å². The molecule has 1 N–H and O–H groups in total. The molecule has 0 spiro atoms. The average Bonchev–Trinajstić information content (AvgIpc) is 2.34. The highest BCUT2D eigenvalue weighted by atomic mass is 16.5. The van der Waals surface area contributed by atoms with Gasteiger partial charge in [-0.25, -0.2) is 0 Å². The lowest BCUT2D eigenvalue weighted by atomic mass is 9.89. The molecule has 0 aromatic heterocycles. The van der Waals surface area contributed by atoms with Crippen molar-refractivity contribution in [2.24, 2.45) is 5.41 Å². The van der Waals surface area contributed by atoms with Gasteiger partial charge in [0.1, 0.15) is 0 Å². The SMILES string of the molecule is COCCC(C)(C)CNCCc1ccccc1. The van der Waals surface area contributed by atoms with E-state index in [1.165, 1.54) is 5.56 Å². The standard InChI is InChI=1S/C15H25NO/c1-15(2,10-12-17-3)13-16-11-9-14-7-5-4-6-8-14/h4-8,16H,9-13H2,1-3H3. The molecule has 0 aliphatic rings. The van der Waals surface area contributed by atoms with Gasteiger partial charge in [0.2, 0.25) is 0 Å². The van der Waals surface area contributed by atoms with Crippen LogP contribution in [0.3, 0.4) is 0 Å². The lowest BCUT2D eigenvalue weighted by Gasteiger charge is -2.24. The van der Waals surface area contributed by atoms with Crippen LogP contribution in [-0.2, 0) is 11.2 Å². The van der Waals surface area contributed by atoms with Crippen LogP contribution in [0.25, 0.3) is 0 Å². The summed E-state index contributed by atoms with van der Waals surface area (Å²) in [4.78, 5) is 0. The Kier molecular flexibility index (Phi) is 6.23. The molecule has 17 heavy (non-hydrogen) atoms. The first-order valence-electron chi connectivity index (χ1n) is 6.38. The summed E-state index contributed by atoms with van der Waals surface area (Å²) in [6.45, 7) is 7.49. The minimum Gasteiger partial charge on any atom is -0.385 e. The van der Waals surface area contributed by atoms with Crippen LogP contribution in [0.5, 0.6) is 0 Å². The normalized spacial score (nSPS) is 11.7. The number of rotatable bonds is 8. The molecule has 0 fully saturated rings. The van der Waals surface area contributed by atoms with Gasteiger partial charge in [0, 0.05) is 20.3 Å². The van der Waals surface area contributed by atoms with Gasteiger partial charge < -0.3 is 10.1 Å². The zero-order chi connectivity index (χ0) is 12.6. The summed E-state index contributed by atoms with van der Waals surface area (Å²) in [5, 5.41) is 3.53. The monoisotopic (exact) mass is 235 g/mol. The molecule has 1 rings (SSSR count). The molecule has 0 radical (unpaired) electrons. The maximum Gasteiger partial charge on any atom is 0.0467 e. The maximum absolute atomic E-state index is 5.13. The number of ether oxygens (including phenoxy) is 1. The number of methoxy groups -OCH3 is 1. The van der Waals surface area contributed by atoms with Gasteiger partial charge in [-0.05, 0) is 30.4 Å². The van der Waals surface area contributed by atoms with E-state index < -0.39 is 0 Å². The third-order valence-electron chi connectivity index (χ3n) is 3.02. The lowest BCUT2D eigenvalue weighted by molar-refractivity contribution is 0.151. The Morgan fingerprint density at radius 3 is 2.53 bits per heavy atom. The van der Waals surface area contributed by atoms with Crippen LogP contribution in [0.4, 0.5) is 0 Å². The molecule has 0 aliphatic carbocycles. The second-order valence-electron chi connectivity index (χ2n) is 5.32. The molecule has 0 bridgehead atoms. The van der Waals surface area contributed by atoms with E-state index in [-0.39, 0.29) is 0 Å². The van der Waals surface area contributed by atoms with E-state index in [9.17, 15) is 0 Å². The Bertz CT molecular complexity index is 295.